The largest absolute Gasteiger partial charge is 0.390 e. The van der Waals surface area contributed by atoms with Crippen LogP contribution in [0.15, 0.2) is 0 Å². The minimum absolute atomic E-state index is 0. The molecule has 0 amide bonds. The Balaban J connectivity index is 0.000001000. The van der Waals surface area contributed by atoms with Gasteiger partial charge in [0.05, 0.1) is 18.8 Å². The minimum atomic E-state index is -0.719. The van der Waals surface area contributed by atoms with Crippen LogP contribution in [0, 0.1) is 50.0 Å². The molecule has 1 radical (unpaired) electrons. The monoisotopic (exact) mass is 373 g/mol. The third-order valence-corrected chi connectivity index (χ3v) is 2.04. The van der Waals surface area contributed by atoms with Gasteiger partial charge in [-0.1, -0.05) is 6.92 Å². The Hall–Kier alpha value is 1.32. The number of hydrogen-bond acceptors (Lipinski definition) is 3. The summed E-state index contributed by atoms with van der Waals surface area (Å²) in [5.74, 6) is 0.0474. The number of rotatable bonds is 0. The van der Waals surface area contributed by atoms with Gasteiger partial charge in [0.15, 0.2) is 0 Å². The van der Waals surface area contributed by atoms with Crippen molar-refractivity contribution in [3.8, 4) is 0 Å². The number of aliphatic hydroxyl groups is 2. The molecule has 1 fully saturated rings. The number of ether oxygens (including phenoxy) is 1. The van der Waals surface area contributed by atoms with Crippen molar-refractivity contribution in [1.29, 1.82) is 0 Å². The summed E-state index contributed by atoms with van der Waals surface area (Å²) in [6.07, 6.45) is -1.57. The summed E-state index contributed by atoms with van der Waals surface area (Å²) < 4.78 is 5.16. The van der Waals surface area contributed by atoms with E-state index in [1.54, 1.807) is 6.92 Å². The van der Waals surface area contributed by atoms with Crippen molar-refractivity contribution in [3.05, 3.63) is 0 Å². The Bertz CT molecular complexity index is 106. The van der Waals surface area contributed by atoms with E-state index in [1.807, 2.05) is 6.92 Å². The maximum Gasteiger partial charge on any atom is 0.106 e. The van der Waals surface area contributed by atoms with Crippen molar-refractivity contribution < 1.29 is 59.0 Å². The molecule has 1 saturated heterocycles. The average Bonchev–Trinajstić information content (AvgIpc) is 1.93. The summed E-state index contributed by atoms with van der Waals surface area (Å²) in [6.45, 7) is 4.17. The van der Waals surface area contributed by atoms with Gasteiger partial charge in [-0.25, -0.2) is 0 Å². The second-order valence-corrected chi connectivity index (χ2v) is 3.00. The van der Waals surface area contributed by atoms with Crippen molar-refractivity contribution in [2.75, 3.05) is 6.61 Å². The van der Waals surface area contributed by atoms with Crippen LogP contribution in [0.25, 0.3) is 0 Å². The first-order valence-corrected chi connectivity index (χ1v) is 3.60. The third kappa shape index (κ3) is 2.93. The predicted octanol–water partition coefficient (Wildman–Crippen LogP) is -0.237. The molecule has 0 saturated carbocycles. The van der Waals surface area contributed by atoms with Crippen molar-refractivity contribution in [2.45, 2.75) is 32.2 Å². The van der Waals surface area contributed by atoms with Crippen LogP contribution in [-0.4, -0.2) is 35.1 Å². The fraction of sp³-hybridized carbons (Fsp3) is 1.00. The Labute approximate surface area is 103 Å². The van der Waals surface area contributed by atoms with Crippen LogP contribution in [-0.2, 0) is 4.74 Å². The van der Waals surface area contributed by atoms with E-state index in [-0.39, 0.29) is 56.1 Å². The van der Waals surface area contributed by atoms with Gasteiger partial charge in [-0.2, -0.15) is 0 Å². The van der Waals surface area contributed by atoms with Crippen molar-refractivity contribution in [3.63, 3.8) is 0 Å². The minimum Gasteiger partial charge on any atom is -0.390 e. The molecule has 4 heteroatoms. The molecule has 0 bridgehead atoms. The normalized spacial score (nSPS) is 44.7. The summed E-state index contributed by atoms with van der Waals surface area (Å²) in [4.78, 5) is 0. The van der Waals surface area contributed by atoms with E-state index < -0.39 is 12.2 Å². The van der Waals surface area contributed by atoms with Gasteiger partial charge >= 0.3 is 0 Å². The zero-order chi connectivity index (χ0) is 7.72. The maximum atomic E-state index is 9.29. The molecule has 0 aromatic rings. The second-order valence-electron chi connectivity index (χ2n) is 3.00. The first kappa shape index (κ1) is 12.3. The molecule has 1 rings (SSSR count). The van der Waals surface area contributed by atoms with Crippen molar-refractivity contribution in [2.24, 2.45) is 5.92 Å². The molecule has 2 N–H and O–H groups in total. The molecule has 1 heterocycles. The Morgan fingerprint density at radius 2 is 1.73 bits per heavy atom. The van der Waals surface area contributed by atoms with Crippen molar-refractivity contribution in [1.82, 2.24) is 0 Å². The van der Waals surface area contributed by atoms with E-state index in [9.17, 15) is 10.2 Å². The van der Waals surface area contributed by atoms with Crippen molar-refractivity contribution >= 4 is 0 Å². The van der Waals surface area contributed by atoms with E-state index in [2.05, 4.69) is 0 Å². The van der Waals surface area contributed by atoms with Crippen LogP contribution >= 0.6 is 0 Å². The van der Waals surface area contributed by atoms with Gasteiger partial charge in [0, 0.05) is 50.0 Å². The Kier molecular flexibility index (Phi) is 5.76. The molecule has 3 nitrogen and oxygen atoms in total. The van der Waals surface area contributed by atoms with Crippen LogP contribution in [0.1, 0.15) is 13.8 Å². The Morgan fingerprint density at radius 1 is 1.18 bits per heavy atom. The quantitative estimate of drug-likeness (QED) is 0.617. The molecule has 11 heavy (non-hydrogen) atoms. The van der Waals surface area contributed by atoms with Crippen LogP contribution in [0.2, 0.25) is 0 Å². The summed E-state index contributed by atoms with van der Waals surface area (Å²) in [5.41, 5.74) is 0. The molecular weight excluding hydrogens is 359 g/mol. The summed E-state index contributed by atoms with van der Waals surface area (Å²) in [6, 6.07) is 0. The van der Waals surface area contributed by atoms with E-state index in [4.69, 9.17) is 4.74 Å². The summed E-state index contributed by atoms with van der Waals surface area (Å²) in [7, 11) is 0. The van der Waals surface area contributed by atoms with Gasteiger partial charge in [0.2, 0.25) is 0 Å². The van der Waals surface area contributed by atoms with Crippen LogP contribution in [0.4, 0.5) is 0 Å². The molecule has 1 aliphatic heterocycles. The molecule has 0 unspecified atom stereocenters. The standard InChI is InChI=1S/C7H14O3.Ac/c1-4-3-10-5(2)7(9)6(4)8;/h4-9H,3H2,1-2H3;/t4-,5-,6-,7-;/m0./s1. The molecule has 0 aromatic heterocycles. The molecule has 63 valence electrons. The second kappa shape index (κ2) is 5.14. The fourth-order valence-electron chi connectivity index (χ4n) is 1.12. The average molecular weight is 373 g/mol. The SMILES string of the molecule is C[C@@H]1OC[C@H](C)[C@H](O)[C@H]1O.[Ac]. The molecule has 1 aliphatic rings. The van der Waals surface area contributed by atoms with E-state index >= 15 is 0 Å². The van der Waals surface area contributed by atoms with Gasteiger partial charge in [0.1, 0.15) is 6.10 Å². The first-order valence-electron chi connectivity index (χ1n) is 3.60. The fourth-order valence-corrected chi connectivity index (χ4v) is 1.12. The first-order chi connectivity index (χ1) is 4.63. The number of aliphatic hydroxyl groups excluding tert-OH is 2. The van der Waals surface area contributed by atoms with Gasteiger partial charge in [-0.15, -0.1) is 0 Å². The summed E-state index contributed by atoms with van der Waals surface area (Å²) >= 11 is 0. The van der Waals surface area contributed by atoms with Gasteiger partial charge in [-0.3, -0.25) is 0 Å². The van der Waals surface area contributed by atoms with Gasteiger partial charge in [-0.05, 0) is 6.92 Å². The van der Waals surface area contributed by atoms with Crippen LogP contribution in [0.3, 0.4) is 0 Å². The topological polar surface area (TPSA) is 49.7 Å². The zero-order valence-corrected chi connectivity index (χ0v) is 11.6. The maximum absolute atomic E-state index is 9.29. The van der Waals surface area contributed by atoms with Gasteiger partial charge in [0.25, 0.3) is 0 Å². The van der Waals surface area contributed by atoms with E-state index in [1.165, 1.54) is 0 Å². The molecule has 0 spiro atoms. The Morgan fingerprint density at radius 3 is 2.18 bits per heavy atom. The van der Waals surface area contributed by atoms with E-state index in [0.29, 0.717) is 6.61 Å². The van der Waals surface area contributed by atoms with Crippen LogP contribution in [0.5, 0.6) is 0 Å². The summed E-state index contributed by atoms with van der Waals surface area (Å²) in [5, 5.41) is 18.5. The third-order valence-electron chi connectivity index (χ3n) is 2.04. The van der Waals surface area contributed by atoms with Gasteiger partial charge < -0.3 is 14.9 Å². The van der Waals surface area contributed by atoms with Crippen LogP contribution < -0.4 is 0 Å². The molecular formula is C7H14AcO3. The molecule has 0 aromatic carbocycles. The zero-order valence-electron chi connectivity index (χ0n) is 6.90. The molecule has 4 atom stereocenters. The predicted molar refractivity (Wildman–Crippen MR) is 36.6 cm³/mol. The number of hydrogen-bond donors (Lipinski definition) is 2. The smallest absolute Gasteiger partial charge is 0.106 e. The molecule has 0 aliphatic carbocycles. The van der Waals surface area contributed by atoms with E-state index in [0.717, 1.165) is 0 Å².